The fraction of sp³-hybridized carbons (Fsp3) is 0.444. The van der Waals surface area contributed by atoms with E-state index < -0.39 is 0 Å². The third-order valence-corrected chi connectivity index (χ3v) is 3.25. The lowest BCUT2D eigenvalue weighted by Crippen LogP contribution is -2.23. The normalized spacial score (nSPS) is 10.2. The van der Waals surface area contributed by atoms with Crippen LogP contribution in [0.15, 0.2) is 15.6 Å². The molecule has 88 valence electrons. The zero-order chi connectivity index (χ0) is 12.1. The molecular formula is C9H11BrClN3O2. The predicted octanol–water partition coefficient (Wildman–Crippen LogP) is 1.19. The first-order valence-corrected chi connectivity index (χ1v) is 5.84. The highest BCUT2D eigenvalue weighted by molar-refractivity contribution is 9.10. The number of nitrogens with one attached hydrogen (secondary N) is 1. The summed E-state index contributed by atoms with van der Waals surface area (Å²) in [7, 11) is 1.58. The number of aryl methyl sites for hydroxylation is 1. The van der Waals surface area contributed by atoms with Crippen molar-refractivity contribution in [1.82, 2.24) is 14.9 Å². The zero-order valence-electron chi connectivity index (χ0n) is 8.67. The predicted molar refractivity (Wildman–Crippen MR) is 64.5 cm³/mol. The van der Waals surface area contributed by atoms with E-state index in [1.54, 1.807) is 7.05 Å². The van der Waals surface area contributed by atoms with Crippen LogP contribution >= 0.6 is 27.5 Å². The van der Waals surface area contributed by atoms with Crippen LogP contribution < -0.4 is 10.9 Å². The largest absolute Gasteiger partial charge is 0.359 e. The summed E-state index contributed by atoms with van der Waals surface area (Å²) in [4.78, 5) is 26.4. The summed E-state index contributed by atoms with van der Waals surface area (Å²) in [6.07, 6.45) is 2.33. The number of aromatic nitrogens is 2. The minimum absolute atomic E-state index is 0.0472. The zero-order valence-corrected chi connectivity index (χ0v) is 11.0. The summed E-state index contributed by atoms with van der Waals surface area (Å²) in [6.45, 7) is 0.440. The van der Waals surface area contributed by atoms with Crippen molar-refractivity contribution in [3.8, 4) is 0 Å². The average molecular weight is 309 g/mol. The molecule has 1 amide bonds. The maximum absolute atomic E-state index is 11.6. The van der Waals surface area contributed by atoms with Crippen LogP contribution in [0.5, 0.6) is 0 Å². The third kappa shape index (κ3) is 3.31. The van der Waals surface area contributed by atoms with E-state index >= 15 is 0 Å². The molecule has 1 aromatic rings. The van der Waals surface area contributed by atoms with Gasteiger partial charge in [0, 0.05) is 20.0 Å². The molecule has 7 heteroatoms. The molecule has 1 rings (SSSR count). The van der Waals surface area contributed by atoms with E-state index in [1.807, 2.05) is 0 Å². The van der Waals surface area contributed by atoms with E-state index in [0.29, 0.717) is 19.4 Å². The van der Waals surface area contributed by atoms with Gasteiger partial charge >= 0.3 is 0 Å². The smallest absolute Gasteiger partial charge is 0.269 e. The number of hydrogen-bond donors (Lipinski definition) is 1. The van der Waals surface area contributed by atoms with Crippen molar-refractivity contribution < 1.29 is 4.79 Å². The van der Waals surface area contributed by atoms with Crippen molar-refractivity contribution in [2.24, 2.45) is 0 Å². The van der Waals surface area contributed by atoms with Crippen LogP contribution in [0.1, 0.15) is 12.8 Å². The Hall–Kier alpha value is -0.880. The van der Waals surface area contributed by atoms with Crippen molar-refractivity contribution in [2.75, 3.05) is 7.05 Å². The Morgan fingerprint density at radius 3 is 3.00 bits per heavy atom. The summed E-state index contributed by atoms with van der Waals surface area (Å²) >= 11 is 8.71. The van der Waals surface area contributed by atoms with Gasteiger partial charge in [0.2, 0.25) is 5.91 Å². The topological polar surface area (TPSA) is 64.0 Å². The van der Waals surface area contributed by atoms with Crippen LogP contribution in [-0.4, -0.2) is 22.5 Å². The molecule has 1 heterocycles. The lowest BCUT2D eigenvalue weighted by Gasteiger charge is -2.05. The van der Waals surface area contributed by atoms with E-state index in [-0.39, 0.29) is 21.1 Å². The van der Waals surface area contributed by atoms with E-state index in [4.69, 9.17) is 11.6 Å². The Labute approximate surface area is 106 Å². The molecule has 0 fully saturated rings. The number of carbonyl (C=O) groups is 1. The van der Waals surface area contributed by atoms with E-state index in [0.717, 1.165) is 0 Å². The number of rotatable bonds is 4. The number of halogens is 2. The van der Waals surface area contributed by atoms with E-state index in [1.165, 1.54) is 10.9 Å². The molecule has 0 bridgehead atoms. The molecule has 0 aliphatic heterocycles. The second-order valence-electron chi connectivity index (χ2n) is 3.12. The van der Waals surface area contributed by atoms with Crippen molar-refractivity contribution in [3.63, 3.8) is 0 Å². The quantitative estimate of drug-likeness (QED) is 0.850. The number of nitrogens with zero attached hydrogens (tertiary/aromatic N) is 2. The molecule has 0 unspecified atom stereocenters. The Kier molecular flexibility index (Phi) is 4.95. The van der Waals surface area contributed by atoms with Gasteiger partial charge in [-0.1, -0.05) is 11.6 Å². The van der Waals surface area contributed by atoms with Gasteiger partial charge < -0.3 is 5.32 Å². The summed E-state index contributed by atoms with van der Waals surface area (Å²) in [5.41, 5.74) is -0.239. The van der Waals surface area contributed by atoms with Gasteiger partial charge in [-0.25, -0.2) is 4.98 Å². The minimum atomic E-state index is -0.239. The fourth-order valence-electron chi connectivity index (χ4n) is 1.14. The van der Waals surface area contributed by atoms with Gasteiger partial charge in [-0.3, -0.25) is 14.2 Å². The number of hydrogen-bond acceptors (Lipinski definition) is 3. The average Bonchev–Trinajstić information content (AvgIpc) is 2.29. The molecule has 0 aromatic carbocycles. The Bertz CT molecular complexity index is 447. The van der Waals surface area contributed by atoms with E-state index in [9.17, 15) is 9.59 Å². The van der Waals surface area contributed by atoms with Crippen LogP contribution in [0.25, 0.3) is 0 Å². The molecule has 0 atom stereocenters. The SMILES string of the molecule is CNC(=O)CCCn1cnc(Cl)c(Br)c1=O. The molecule has 0 saturated heterocycles. The van der Waals surface area contributed by atoms with Gasteiger partial charge in [-0.15, -0.1) is 0 Å². The molecule has 1 N–H and O–H groups in total. The maximum Gasteiger partial charge on any atom is 0.269 e. The van der Waals surface area contributed by atoms with Gasteiger partial charge in [-0.05, 0) is 22.4 Å². The van der Waals surface area contributed by atoms with Crippen LogP contribution in [0, 0.1) is 0 Å². The summed E-state index contributed by atoms with van der Waals surface area (Å²) in [5.74, 6) is -0.0472. The first-order valence-electron chi connectivity index (χ1n) is 4.67. The second kappa shape index (κ2) is 6.00. The van der Waals surface area contributed by atoms with Crippen molar-refractivity contribution in [1.29, 1.82) is 0 Å². The molecule has 0 radical (unpaired) electrons. The molecule has 16 heavy (non-hydrogen) atoms. The van der Waals surface area contributed by atoms with Gasteiger partial charge in [0.1, 0.15) is 4.47 Å². The Morgan fingerprint density at radius 2 is 2.38 bits per heavy atom. The molecule has 0 saturated carbocycles. The second-order valence-corrected chi connectivity index (χ2v) is 4.28. The highest BCUT2D eigenvalue weighted by Crippen LogP contribution is 2.13. The van der Waals surface area contributed by atoms with E-state index in [2.05, 4.69) is 26.2 Å². The first-order chi connectivity index (χ1) is 7.56. The summed E-state index contributed by atoms with van der Waals surface area (Å²) < 4.78 is 1.66. The number of carbonyl (C=O) groups excluding carboxylic acids is 1. The minimum Gasteiger partial charge on any atom is -0.359 e. The molecule has 0 aliphatic rings. The van der Waals surface area contributed by atoms with Gasteiger partial charge in [0.15, 0.2) is 5.15 Å². The lowest BCUT2D eigenvalue weighted by molar-refractivity contribution is -0.120. The number of amides is 1. The van der Waals surface area contributed by atoms with Crippen molar-refractivity contribution in [2.45, 2.75) is 19.4 Å². The lowest BCUT2D eigenvalue weighted by atomic mass is 10.3. The van der Waals surface area contributed by atoms with Gasteiger partial charge in [0.25, 0.3) is 5.56 Å². The molecule has 1 aromatic heterocycles. The standard InChI is InChI=1S/C9H11BrClN3O2/c1-12-6(15)3-2-4-14-5-13-8(11)7(10)9(14)16/h5H,2-4H2,1H3,(H,12,15). The molecule has 0 aliphatic carbocycles. The highest BCUT2D eigenvalue weighted by atomic mass is 79.9. The van der Waals surface area contributed by atoms with Crippen LogP contribution in [0.2, 0.25) is 5.15 Å². The third-order valence-electron chi connectivity index (χ3n) is 2.02. The van der Waals surface area contributed by atoms with Gasteiger partial charge in [0.05, 0.1) is 6.33 Å². The van der Waals surface area contributed by atoms with Crippen LogP contribution in [0.3, 0.4) is 0 Å². The van der Waals surface area contributed by atoms with Crippen molar-refractivity contribution >= 4 is 33.4 Å². The highest BCUT2D eigenvalue weighted by Gasteiger charge is 2.07. The fourth-order valence-corrected chi connectivity index (χ4v) is 1.59. The summed E-state index contributed by atoms with van der Waals surface area (Å²) in [5, 5.41) is 2.66. The Balaban J connectivity index is 2.65. The molecule has 0 spiro atoms. The molecular weight excluding hydrogens is 297 g/mol. The monoisotopic (exact) mass is 307 g/mol. The van der Waals surface area contributed by atoms with Crippen LogP contribution in [0.4, 0.5) is 0 Å². The molecule has 5 nitrogen and oxygen atoms in total. The summed E-state index contributed by atoms with van der Waals surface area (Å²) in [6, 6.07) is 0. The van der Waals surface area contributed by atoms with Crippen molar-refractivity contribution in [3.05, 3.63) is 26.3 Å². The maximum atomic E-state index is 11.6. The van der Waals surface area contributed by atoms with Gasteiger partial charge in [-0.2, -0.15) is 0 Å². The first kappa shape index (κ1) is 13.2. The Morgan fingerprint density at radius 1 is 1.69 bits per heavy atom. The van der Waals surface area contributed by atoms with Crippen LogP contribution in [-0.2, 0) is 11.3 Å².